The summed E-state index contributed by atoms with van der Waals surface area (Å²) in [6.45, 7) is 12.9. The van der Waals surface area contributed by atoms with E-state index in [-0.39, 0.29) is 13.0 Å². The second kappa shape index (κ2) is 10.9. The standard InChI is InChI=1S/C12H16O2.C12H18O/c1-8-6-11(4-5-12(13)14)7-9(2)10(8)3;1-9-7-12(5-4-6-13)8-10(2)11(9)3/h6-7H,4-5H2,1-3H3,(H,13,14);7-8,13H,4-6H2,1-3H3. The van der Waals surface area contributed by atoms with Crippen LogP contribution in [-0.2, 0) is 17.6 Å². The molecule has 0 fully saturated rings. The lowest BCUT2D eigenvalue weighted by Gasteiger charge is -2.08. The second-order valence-corrected chi connectivity index (χ2v) is 7.43. The Labute approximate surface area is 164 Å². The van der Waals surface area contributed by atoms with Crippen molar-refractivity contribution in [3.8, 4) is 0 Å². The lowest BCUT2D eigenvalue weighted by molar-refractivity contribution is -0.136. The Bertz CT molecular complexity index is 729. The summed E-state index contributed by atoms with van der Waals surface area (Å²) < 4.78 is 0. The molecule has 0 aromatic heterocycles. The molecule has 0 saturated carbocycles. The number of carboxylic acid groups (broad SMARTS) is 1. The molecule has 2 aromatic rings. The minimum absolute atomic E-state index is 0.210. The van der Waals surface area contributed by atoms with Crippen LogP contribution in [0.15, 0.2) is 24.3 Å². The van der Waals surface area contributed by atoms with Gasteiger partial charge in [0.1, 0.15) is 0 Å². The van der Waals surface area contributed by atoms with Gasteiger partial charge in [0.2, 0.25) is 0 Å². The molecule has 0 aliphatic heterocycles. The quantitative estimate of drug-likeness (QED) is 0.738. The number of hydrogen-bond acceptors (Lipinski definition) is 2. The van der Waals surface area contributed by atoms with Gasteiger partial charge in [0.15, 0.2) is 0 Å². The molecule has 3 nitrogen and oxygen atoms in total. The third-order valence-corrected chi connectivity index (χ3v) is 5.22. The van der Waals surface area contributed by atoms with Crippen molar-refractivity contribution in [1.82, 2.24) is 0 Å². The third-order valence-electron chi connectivity index (χ3n) is 5.22. The maximum absolute atomic E-state index is 10.4. The second-order valence-electron chi connectivity index (χ2n) is 7.43. The zero-order valence-electron chi connectivity index (χ0n) is 17.6. The molecular formula is C24H34O3. The molecular weight excluding hydrogens is 336 g/mol. The first-order chi connectivity index (χ1) is 12.6. The van der Waals surface area contributed by atoms with E-state index < -0.39 is 5.97 Å². The van der Waals surface area contributed by atoms with Gasteiger partial charge in [0.05, 0.1) is 0 Å². The van der Waals surface area contributed by atoms with Gasteiger partial charge in [0, 0.05) is 13.0 Å². The van der Waals surface area contributed by atoms with Gasteiger partial charge in [-0.2, -0.15) is 0 Å². The minimum atomic E-state index is -0.735. The molecule has 148 valence electrons. The highest BCUT2D eigenvalue weighted by Gasteiger charge is 2.03. The van der Waals surface area contributed by atoms with Crippen molar-refractivity contribution in [2.75, 3.05) is 6.61 Å². The van der Waals surface area contributed by atoms with Crippen molar-refractivity contribution in [3.63, 3.8) is 0 Å². The number of rotatable bonds is 6. The van der Waals surface area contributed by atoms with Crippen LogP contribution in [0.3, 0.4) is 0 Å². The fourth-order valence-electron chi connectivity index (χ4n) is 3.07. The minimum Gasteiger partial charge on any atom is -0.481 e. The molecule has 0 saturated heterocycles. The molecule has 2 aromatic carbocycles. The molecule has 0 atom stereocenters. The Balaban J connectivity index is 0.000000271. The first-order valence-electron chi connectivity index (χ1n) is 9.61. The molecule has 0 amide bonds. The van der Waals surface area contributed by atoms with E-state index in [4.69, 9.17) is 10.2 Å². The molecule has 0 heterocycles. The Hall–Kier alpha value is -2.13. The number of carboxylic acids is 1. The van der Waals surface area contributed by atoms with E-state index in [0.717, 1.165) is 18.4 Å². The smallest absolute Gasteiger partial charge is 0.303 e. The third kappa shape index (κ3) is 7.56. The molecule has 0 aliphatic rings. The van der Waals surface area contributed by atoms with Crippen molar-refractivity contribution in [2.24, 2.45) is 0 Å². The highest BCUT2D eigenvalue weighted by Crippen LogP contribution is 2.17. The monoisotopic (exact) mass is 370 g/mol. The van der Waals surface area contributed by atoms with E-state index in [0.29, 0.717) is 6.42 Å². The summed E-state index contributed by atoms with van der Waals surface area (Å²) in [6, 6.07) is 8.59. The predicted molar refractivity (Wildman–Crippen MR) is 113 cm³/mol. The Morgan fingerprint density at radius 1 is 0.741 bits per heavy atom. The summed E-state index contributed by atoms with van der Waals surface area (Å²) in [6.07, 6.45) is 2.68. The van der Waals surface area contributed by atoms with E-state index in [1.54, 1.807) is 0 Å². The van der Waals surface area contributed by atoms with Crippen LogP contribution in [0.4, 0.5) is 0 Å². The van der Waals surface area contributed by atoms with E-state index in [9.17, 15) is 4.79 Å². The van der Waals surface area contributed by atoms with Gasteiger partial charge in [-0.1, -0.05) is 24.3 Å². The fourth-order valence-corrected chi connectivity index (χ4v) is 3.07. The average Bonchev–Trinajstić information content (AvgIpc) is 2.61. The number of hydrogen-bond donors (Lipinski definition) is 2. The van der Waals surface area contributed by atoms with Gasteiger partial charge in [0.25, 0.3) is 0 Å². The maximum atomic E-state index is 10.4. The van der Waals surface area contributed by atoms with E-state index in [1.807, 2.05) is 0 Å². The zero-order valence-corrected chi connectivity index (χ0v) is 17.6. The van der Waals surface area contributed by atoms with Crippen LogP contribution in [0.25, 0.3) is 0 Å². The molecule has 0 radical (unpaired) electrons. The lowest BCUT2D eigenvalue weighted by atomic mass is 9.98. The lowest BCUT2D eigenvalue weighted by Crippen LogP contribution is -1.99. The molecule has 0 aliphatic carbocycles. The highest BCUT2D eigenvalue weighted by molar-refractivity contribution is 5.67. The molecule has 0 bridgehead atoms. The molecule has 0 spiro atoms. The normalized spacial score (nSPS) is 10.3. The van der Waals surface area contributed by atoms with Crippen LogP contribution in [0.2, 0.25) is 0 Å². The number of aliphatic hydroxyl groups is 1. The summed E-state index contributed by atoms with van der Waals surface area (Å²) in [5.41, 5.74) is 10.3. The van der Waals surface area contributed by atoms with Crippen LogP contribution in [0, 0.1) is 41.5 Å². The average molecular weight is 371 g/mol. The zero-order chi connectivity index (χ0) is 20.6. The Kier molecular flexibility index (Phi) is 9.23. The van der Waals surface area contributed by atoms with Crippen molar-refractivity contribution in [1.29, 1.82) is 0 Å². The first kappa shape index (κ1) is 22.9. The SMILES string of the molecule is Cc1cc(CCC(=O)O)cc(C)c1C.Cc1cc(CCCO)cc(C)c1C. The molecule has 27 heavy (non-hydrogen) atoms. The molecule has 2 rings (SSSR count). The molecule has 0 unspecified atom stereocenters. The number of aryl methyl sites for hydroxylation is 6. The van der Waals surface area contributed by atoms with Gasteiger partial charge in [-0.25, -0.2) is 0 Å². The number of aliphatic carboxylic acids is 1. The van der Waals surface area contributed by atoms with E-state index in [2.05, 4.69) is 65.8 Å². The van der Waals surface area contributed by atoms with Crippen molar-refractivity contribution in [2.45, 2.75) is 67.2 Å². The van der Waals surface area contributed by atoms with Gasteiger partial charge in [-0.05, 0) is 105 Å². The van der Waals surface area contributed by atoms with Gasteiger partial charge in [-0.3, -0.25) is 4.79 Å². The summed E-state index contributed by atoms with van der Waals surface area (Å²) >= 11 is 0. The van der Waals surface area contributed by atoms with Gasteiger partial charge in [-0.15, -0.1) is 0 Å². The summed E-state index contributed by atoms with van der Waals surface area (Å²) in [5.74, 6) is -0.735. The maximum Gasteiger partial charge on any atom is 0.303 e. The van der Waals surface area contributed by atoms with Crippen molar-refractivity contribution >= 4 is 5.97 Å². The summed E-state index contributed by atoms with van der Waals surface area (Å²) in [7, 11) is 0. The van der Waals surface area contributed by atoms with E-state index >= 15 is 0 Å². The topological polar surface area (TPSA) is 57.5 Å². The number of aliphatic hydroxyl groups excluding tert-OH is 1. The van der Waals surface area contributed by atoms with Crippen LogP contribution < -0.4 is 0 Å². The molecule has 2 N–H and O–H groups in total. The largest absolute Gasteiger partial charge is 0.481 e. The van der Waals surface area contributed by atoms with Crippen LogP contribution in [0.1, 0.15) is 57.3 Å². The van der Waals surface area contributed by atoms with Gasteiger partial charge >= 0.3 is 5.97 Å². The number of benzene rings is 2. The highest BCUT2D eigenvalue weighted by atomic mass is 16.4. The molecule has 3 heteroatoms. The Morgan fingerprint density at radius 3 is 1.44 bits per heavy atom. The Morgan fingerprint density at radius 2 is 1.11 bits per heavy atom. The van der Waals surface area contributed by atoms with Crippen molar-refractivity contribution in [3.05, 3.63) is 68.8 Å². The summed E-state index contributed by atoms with van der Waals surface area (Å²) in [4.78, 5) is 10.4. The van der Waals surface area contributed by atoms with Crippen LogP contribution in [0.5, 0.6) is 0 Å². The fraction of sp³-hybridized carbons (Fsp3) is 0.458. The van der Waals surface area contributed by atoms with Crippen molar-refractivity contribution < 1.29 is 15.0 Å². The first-order valence-corrected chi connectivity index (χ1v) is 9.61. The number of carbonyl (C=O) groups is 1. The van der Waals surface area contributed by atoms with Gasteiger partial charge < -0.3 is 10.2 Å². The van der Waals surface area contributed by atoms with Crippen LogP contribution in [-0.4, -0.2) is 22.8 Å². The van der Waals surface area contributed by atoms with Crippen LogP contribution >= 0.6 is 0 Å². The summed E-state index contributed by atoms with van der Waals surface area (Å²) in [5, 5.41) is 17.3. The van der Waals surface area contributed by atoms with E-state index in [1.165, 1.54) is 38.9 Å². The predicted octanol–water partition coefficient (Wildman–Crippen LogP) is 5.17.